The molecule has 0 amide bonds. The van der Waals surface area contributed by atoms with Crippen LogP contribution in [0.5, 0.6) is 0 Å². The topological polar surface area (TPSA) is 0 Å². The summed E-state index contributed by atoms with van der Waals surface area (Å²) in [6, 6.07) is 4.86. The van der Waals surface area contributed by atoms with E-state index in [4.69, 9.17) is 0 Å². The van der Waals surface area contributed by atoms with Crippen molar-refractivity contribution in [2.75, 3.05) is 0 Å². The van der Waals surface area contributed by atoms with Crippen molar-refractivity contribution in [2.45, 2.75) is 26.7 Å². The Balaban J connectivity index is 1.73. The summed E-state index contributed by atoms with van der Waals surface area (Å²) in [6.07, 6.45) is 16.7. The molecule has 0 N–H and O–H groups in total. The van der Waals surface area contributed by atoms with Gasteiger partial charge in [0.05, 0.1) is 0 Å². The largest absolute Gasteiger partial charge is 0.0767 e. The molecule has 2 atom stereocenters. The predicted molar refractivity (Wildman–Crippen MR) is 100 cm³/mol. The molecule has 2 unspecified atom stereocenters. The Hall–Kier alpha value is -2.34. The summed E-state index contributed by atoms with van der Waals surface area (Å²) in [7, 11) is 0. The third-order valence-corrected chi connectivity index (χ3v) is 6.59. The minimum Gasteiger partial charge on any atom is -0.0767 e. The van der Waals surface area contributed by atoms with Crippen LogP contribution in [0.4, 0.5) is 0 Å². The average Bonchev–Trinajstić information content (AvgIpc) is 2.90. The zero-order valence-corrected chi connectivity index (χ0v) is 14.2. The first-order valence-corrected chi connectivity index (χ1v) is 9.09. The first kappa shape index (κ1) is 13.0. The molecular formula is C24H20. The van der Waals surface area contributed by atoms with Crippen molar-refractivity contribution in [3.63, 3.8) is 0 Å². The Kier molecular flexibility index (Phi) is 2.27. The molecule has 24 heavy (non-hydrogen) atoms. The first-order valence-electron chi connectivity index (χ1n) is 9.09. The quantitative estimate of drug-likeness (QED) is 0.563. The van der Waals surface area contributed by atoms with Crippen molar-refractivity contribution < 1.29 is 0 Å². The number of fused-ring (bicyclic) bond motifs is 3. The monoisotopic (exact) mass is 308 g/mol. The highest BCUT2D eigenvalue weighted by atomic mass is 14.5. The number of benzene rings is 1. The van der Waals surface area contributed by atoms with Crippen molar-refractivity contribution in [1.82, 2.24) is 0 Å². The Bertz CT molecular complexity index is 1010. The molecule has 0 heteroatoms. The molecule has 0 nitrogen and oxygen atoms in total. The van der Waals surface area contributed by atoms with Gasteiger partial charge in [-0.3, -0.25) is 0 Å². The second-order valence-electron chi connectivity index (χ2n) is 7.80. The van der Waals surface area contributed by atoms with Crippen LogP contribution in [0, 0.1) is 25.7 Å². The highest BCUT2D eigenvalue weighted by Gasteiger charge is 2.42. The van der Waals surface area contributed by atoms with Gasteiger partial charge in [0.1, 0.15) is 0 Å². The number of allylic oxidation sites excluding steroid dienone is 12. The van der Waals surface area contributed by atoms with Crippen LogP contribution >= 0.6 is 0 Å². The Morgan fingerprint density at radius 3 is 2.67 bits per heavy atom. The molecule has 0 spiro atoms. The number of rotatable bonds is 0. The highest BCUT2D eigenvalue weighted by molar-refractivity contribution is 6.07. The van der Waals surface area contributed by atoms with Gasteiger partial charge < -0.3 is 0 Å². The molecule has 0 fully saturated rings. The molecule has 0 heterocycles. The lowest BCUT2D eigenvalue weighted by atomic mass is 9.64. The van der Waals surface area contributed by atoms with Gasteiger partial charge in [-0.2, -0.15) is 0 Å². The van der Waals surface area contributed by atoms with Crippen LogP contribution < -0.4 is 0 Å². The fourth-order valence-electron chi connectivity index (χ4n) is 5.32. The van der Waals surface area contributed by atoms with E-state index in [0.29, 0.717) is 11.8 Å². The Morgan fingerprint density at radius 1 is 0.958 bits per heavy atom. The van der Waals surface area contributed by atoms with Gasteiger partial charge in [0.2, 0.25) is 0 Å². The molecule has 5 aliphatic rings. The fourth-order valence-corrected chi connectivity index (χ4v) is 5.32. The standard InChI is InChI=1S/C24H20/c1-13-10-19-18-9-8-16-7-6-15-4-3-5-17-12-21(20(19)11-14(13)2)24(18)23(16)22(15)17/h3-7,10-12,15,22H,8-9H2,1-2H3. The van der Waals surface area contributed by atoms with E-state index in [1.165, 1.54) is 46.2 Å². The van der Waals surface area contributed by atoms with Crippen molar-refractivity contribution in [3.8, 4) is 0 Å². The molecule has 1 aromatic carbocycles. The van der Waals surface area contributed by atoms with Crippen LogP contribution in [0.1, 0.15) is 35.1 Å². The summed E-state index contributed by atoms with van der Waals surface area (Å²) in [5.74, 6) is 1.10. The molecule has 0 aromatic heterocycles. The minimum absolute atomic E-state index is 0.542. The molecule has 116 valence electrons. The maximum atomic E-state index is 2.49. The fraction of sp³-hybridized carbons (Fsp3) is 0.250. The van der Waals surface area contributed by atoms with Crippen LogP contribution in [-0.4, -0.2) is 0 Å². The number of aryl methyl sites for hydroxylation is 2. The van der Waals surface area contributed by atoms with Gasteiger partial charge in [0, 0.05) is 11.8 Å². The van der Waals surface area contributed by atoms with Crippen LogP contribution in [-0.2, 0) is 0 Å². The number of hydrogen-bond acceptors (Lipinski definition) is 0. The van der Waals surface area contributed by atoms with Crippen LogP contribution in [0.2, 0.25) is 0 Å². The second kappa shape index (κ2) is 4.19. The van der Waals surface area contributed by atoms with Crippen molar-refractivity contribution in [2.24, 2.45) is 11.8 Å². The van der Waals surface area contributed by atoms with E-state index in [1.54, 1.807) is 22.3 Å². The molecule has 0 aliphatic heterocycles. The minimum atomic E-state index is 0.542. The SMILES string of the molecule is Cc1cc2c(cc1C)C1=C3C2=CC2=CC=CC4C=CC(=C3C24)CC1. The summed E-state index contributed by atoms with van der Waals surface area (Å²) in [4.78, 5) is 0. The summed E-state index contributed by atoms with van der Waals surface area (Å²) in [6.45, 7) is 4.49. The lowest BCUT2D eigenvalue weighted by molar-refractivity contribution is 0.591. The van der Waals surface area contributed by atoms with E-state index < -0.39 is 0 Å². The van der Waals surface area contributed by atoms with Gasteiger partial charge in [-0.25, -0.2) is 0 Å². The average molecular weight is 308 g/mol. The van der Waals surface area contributed by atoms with Gasteiger partial charge in [-0.15, -0.1) is 0 Å². The van der Waals surface area contributed by atoms with Crippen LogP contribution in [0.15, 0.2) is 70.9 Å². The Morgan fingerprint density at radius 2 is 1.79 bits per heavy atom. The van der Waals surface area contributed by atoms with E-state index in [2.05, 4.69) is 62.4 Å². The van der Waals surface area contributed by atoms with E-state index in [1.807, 2.05) is 0 Å². The van der Waals surface area contributed by atoms with E-state index >= 15 is 0 Å². The first-order chi connectivity index (χ1) is 11.7. The number of hydrogen-bond donors (Lipinski definition) is 0. The maximum Gasteiger partial charge on any atom is 0.0196 e. The zero-order chi connectivity index (χ0) is 16.0. The van der Waals surface area contributed by atoms with E-state index in [9.17, 15) is 0 Å². The van der Waals surface area contributed by atoms with Crippen molar-refractivity contribution >= 4 is 11.1 Å². The lowest BCUT2D eigenvalue weighted by Crippen LogP contribution is -2.26. The van der Waals surface area contributed by atoms with Gasteiger partial charge in [-0.05, 0) is 88.5 Å². The smallest absolute Gasteiger partial charge is 0.0196 e. The molecule has 1 aromatic rings. The van der Waals surface area contributed by atoms with Gasteiger partial charge >= 0.3 is 0 Å². The maximum absolute atomic E-state index is 2.49. The molecule has 5 aliphatic carbocycles. The highest BCUT2D eigenvalue weighted by Crippen LogP contribution is 2.59. The molecule has 0 bridgehead atoms. The van der Waals surface area contributed by atoms with Gasteiger partial charge in [-0.1, -0.05) is 42.5 Å². The Labute approximate surface area is 143 Å². The van der Waals surface area contributed by atoms with Gasteiger partial charge in [0.25, 0.3) is 0 Å². The summed E-state index contributed by atoms with van der Waals surface area (Å²) in [5, 5.41) is 0. The lowest BCUT2D eigenvalue weighted by Gasteiger charge is -2.40. The van der Waals surface area contributed by atoms with E-state index in [-0.39, 0.29) is 0 Å². The summed E-state index contributed by atoms with van der Waals surface area (Å²) >= 11 is 0. The molecule has 0 radical (unpaired) electrons. The van der Waals surface area contributed by atoms with Gasteiger partial charge in [0.15, 0.2) is 0 Å². The predicted octanol–water partition coefficient (Wildman–Crippen LogP) is 5.86. The van der Waals surface area contributed by atoms with Crippen LogP contribution in [0.25, 0.3) is 11.1 Å². The molecule has 0 saturated heterocycles. The van der Waals surface area contributed by atoms with Crippen molar-refractivity contribution in [1.29, 1.82) is 0 Å². The van der Waals surface area contributed by atoms with E-state index in [0.717, 1.165) is 0 Å². The van der Waals surface area contributed by atoms with Crippen LogP contribution in [0.3, 0.4) is 0 Å². The molecule has 0 saturated carbocycles. The van der Waals surface area contributed by atoms with Crippen molar-refractivity contribution in [3.05, 3.63) is 93.1 Å². The summed E-state index contributed by atoms with van der Waals surface area (Å²) < 4.78 is 0. The third-order valence-electron chi connectivity index (χ3n) is 6.59. The normalized spacial score (nSPS) is 27.9. The summed E-state index contributed by atoms with van der Waals surface area (Å²) in [5.41, 5.74) is 15.2. The molecular weight excluding hydrogens is 288 g/mol. The third kappa shape index (κ3) is 1.41. The molecule has 6 rings (SSSR count). The second-order valence-corrected chi connectivity index (χ2v) is 7.80. The zero-order valence-electron chi connectivity index (χ0n) is 14.2.